The van der Waals surface area contributed by atoms with Gasteiger partial charge in [-0.2, -0.15) is 0 Å². The molecule has 1 saturated heterocycles. The lowest BCUT2D eigenvalue weighted by Crippen LogP contribution is -2.59. The number of carbonyl (C=O) groups excluding carboxylic acids is 11. The highest BCUT2D eigenvalue weighted by molar-refractivity contribution is 8.76. The molecule has 11 N–H and O–H groups in total. The van der Waals surface area contributed by atoms with Crippen molar-refractivity contribution < 1.29 is 82.0 Å². The Hall–Kier alpha value is -8.23. The van der Waals surface area contributed by atoms with Gasteiger partial charge in [-0.15, -0.1) is 11.3 Å². The minimum atomic E-state index is -1.52. The lowest BCUT2D eigenvalue weighted by Gasteiger charge is -2.39. The Morgan fingerprint density at radius 1 is 0.755 bits per heavy atom. The van der Waals surface area contributed by atoms with Gasteiger partial charge in [0.1, 0.15) is 41.2 Å². The maximum atomic E-state index is 15.0. The predicted octanol–water partition coefficient (Wildman–Crippen LogP) is 6.59. The van der Waals surface area contributed by atoms with Gasteiger partial charge in [-0.05, 0) is 114 Å². The number of hydrogen-bond donors (Lipinski definition) is 11. The van der Waals surface area contributed by atoms with Crippen molar-refractivity contribution in [2.75, 3.05) is 45.0 Å². The number of rotatable bonds is 43. The average molecular weight is 1480 g/mol. The number of ether oxygens (including phenoxy) is 3. The minimum Gasteiger partial charge on any atom is -0.508 e. The van der Waals surface area contributed by atoms with Crippen molar-refractivity contribution in [3.63, 3.8) is 0 Å². The zero-order valence-corrected chi connectivity index (χ0v) is 62.9. The summed E-state index contributed by atoms with van der Waals surface area (Å²) >= 11 is 1.05. The molecule has 1 unspecified atom stereocenters. The van der Waals surface area contributed by atoms with E-state index in [-0.39, 0.29) is 91.4 Å². The van der Waals surface area contributed by atoms with Crippen LogP contribution in [0, 0.1) is 17.8 Å². The van der Waals surface area contributed by atoms with Gasteiger partial charge in [-0.3, -0.25) is 58.3 Å². The molecule has 0 spiro atoms. The third-order valence-corrected chi connectivity index (χ3v) is 20.4. The first kappa shape index (κ1) is 86.2. The quantitative estimate of drug-likeness (QED) is 0.00710. The number of urea groups is 1. The van der Waals surface area contributed by atoms with Gasteiger partial charge in [0.15, 0.2) is 12.8 Å². The number of hydrogen-bond acceptors (Lipinski definition) is 21. The summed E-state index contributed by atoms with van der Waals surface area (Å²) in [5, 5.41) is 40.7. The third kappa shape index (κ3) is 32.0. The normalized spacial score (nSPS) is 15.9. The van der Waals surface area contributed by atoms with E-state index in [1.165, 1.54) is 57.8 Å². The van der Waals surface area contributed by atoms with Crippen LogP contribution in [0.5, 0.6) is 5.75 Å². The summed E-state index contributed by atoms with van der Waals surface area (Å²) < 4.78 is 16.9. The molecule has 29 nitrogen and oxygen atoms in total. The lowest BCUT2D eigenvalue weighted by atomic mass is 9.92. The Bertz CT molecular complexity index is 3200. The molecule has 32 heteroatoms. The summed E-state index contributed by atoms with van der Waals surface area (Å²) in [6.45, 7) is 17.7. The molecular formula is C70H106N12O17S3. The molecule has 0 aliphatic carbocycles. The molecule has 0 saturated carbocycles. The topological polar surface area (TPSA) is 401 Å². The molecule has 2 aromatic carbocycles. The molecule has 11 atom stereocenters. The number of nitrogens with one attached hydrogen (secondary N) is 9. The number of phenols is 1. The van der Waals surface area contributed by atoms with E-state index in [0.29, 0.717) is 61.2 Å². The van der Waals surface area contributed by atoms with Crippen LogP contribution in [0.25, 0.3) is 0 Å². The minimum absolute atomic E-state index is 0.0157. The number of nitrogens with zero attached hydrogens (tertiary/aromatic N) is 3. The van der Waals surface area contributed by atoms with E-state index in [1.807, 2.05) is 53.5 Å². The molecule has 566 valence electrons. The summed E-state index contributed by atoms with van der Waals surface area (Å²) in [5.74, 6) is -6.89. The Balaban J connectivity index is 1.35. The van der Waals surface area contributed by atoms with Crippen LogP contribution in [0.3, 0.4) is 0 Å². The molecule has 1 fully saturated rings. The van der Waals surface area contributed by atoms with E-state index < -0.39 is 127 Å². The second-order valence-corrected chi connectivity index (χ2v) is 29.6. The molecule has 0 radical (unpaired) electrons. The van der Waals surface area contributed by atoms with Crippen LogP contribution in [0.2, 0.25) is 0 Å². The number of carboxylic acids is 1. The number of thiazole rings is 1. The molecule has 4 rings (SSSR count). The number of phenolic OH excluding ortho intramolecular Hbond substituents is 1. The monoisotopic (exact) mass is 1480 g/mol. The van der Waals surface area contributed by atoms with E-state index in [0.717, 1.165) is 30.7 Å². The average Bonchev–Trinajstić information content (AvgIpc) is 1.27. The number of carboxylic acid groups (broad SMARTS) is 1. The molecule has 3 aromatic rings. The largest absolute Gasteiger partial charge is 0.508 e. The van der Waals surface area contributed by atoms with Crippen molar-refractivity contribution in [1.82, 2.24) is 62.9 Å². The van der Waals surface area contributed by atoms with Gasteiger partial charge in [0, 0.05) is 86.6 Å². The number of aliphatic carboxylic acids is 1. The van der Waals surface area contributed by atoms with E-state index >= 15 is 4.79 Å². The lowest BCUT2D eigenvalue weighted by molar-refractivity contribution is -0.160. The van der Waals surface area contributed by atoms with Crippen LogP contribution in [-0.4, -0.2) is 190 Å². The van der Waals surface area contributed by atoms with Gasteiger partial charge in [-0.25, -0.2) is 20.0 Å². The Morgan fingerprint density at radius 2 is 1.45 bits per heavy atom. The van der Waals surface area contributed by atoms with Crippen LogP contribution in [-0.2, 0) is 70.2 Å². The van der Waals surface area contributed by atoms with E-state index in [2.05, 4.69) is 53.1 Å². The number of piperidine rings is 1. The first-order valence-corrected chi connectivity index (χ1v) is 38.2. The van der Waals surface area contributed by atoms with E-state index in [1.54, 1.807) is 56.3 Å². The van der Waals surface area contributed by atoms with Crippen molar-refractivity contribution in [2.24, 2.45) is 17.8 Å². The summed E-state index contributed by atoms with van der Waals surface area (Å²) in [4.78, 5) is 166. The van der Waals surface area contributed by atoms with Gasteiger partial charge in [0.2, 0.25) is 35.4 Å². The zero-order chi connectivity index (χ0) is 75.4. The van der Waals surface area contributed by atoms with Crippen molar-refractivity contribution >= 4 is 104 Å². The van der Waals surface area contributed by atoms with Crippen LogP contribution >= 0.6 is 32.9 Å². The van der Waals surface area contributed by atoms with E-state index in [4.69, 9.17) is 14.2 Å². The second-order valence-electron chi connectivity index (χ2n) is 26.1. The fraction of sp³-hybridized carbons (Fsp3) is 0.614. The number of likely N-dealkylation sites (tertiary alicyclic amines) is 1. The molecule has 1 aliphatic rings. The molecule has 10 amide bonds. The summed E-state index contributed by atoms with van der Waals surface area (Å²) in [6.07, 6.45) is 2.99. The number of likely N-dealkylation sites (N-methyl/N-ethyl adjacent to an activating group) is 1. The van der Waals surface area contributed by atoms with Crippen molar-refractivity contribution in [3.8, 4) is 5.75 Å². The third-order valence-electron chi connectivity index (χ3n) is 16.9. The van der Waals surface area contributed by atoms with Crippen LogP contribution in [0.1, 0.15) is 179 Å². The van der Waals surface area contributed by atoms with Gasteiger partial charge >= 0.3 is 30.0 Å². The fourth-order valence-corrected chi connectivity index (χ4v) is 14.2. The number of hydrazine groups is 1. The van der Waals surface area contributed by atoms with E-state index in [9.17, 15) is 63.0 Å². The number of aromatic nitrogens is 1. The Morgan fingerprint density at radius 3 is 2.10 bits per heavy atom. The highest BCUT2D eigenvalue weighted by atomic mass is 33.1. The molecule has 1 aliphatic heterocycles. The number of amides is 10. The number of unbranched alkanes of at least 4 members (excludes halogenated alkanes) is 1. The van der Waals surface area contributed by atoms with Crippen LogP contribution in [0.4, 0.5) is 9.59 Å². The number of benzene rings is 2. The van der Waals surface area contributed by atoms with Gasteiger partial charge in [0.25, 0.3) is 5.91 Å². The van der Waals surface area contributed by atoms with Crippen molar-refractivity contribution in [2.45, 2.75) is 214 Å². The predicted molar refractivity (Wildman–Crippen MR) is 388 cm³/mol. The first-order valence-electron chi connectivity index (χ1n) is 34.8. The highest BCUT2D eigenvalue weighted by Gasteiger charge is 2.40. The Labute approximate surface area is 609 Å². The first-order chi connectivity index (χ1) is 48.5. The molecular weight excluding hydrogens is 1380 g/mol. The van der Waals surface area contributed by atoms with Gasteiger partial charge in [-0.1, -0.05) is 118 Å². The van der Waals surface area contributed by atoms with Crippen molar-refractivity contribution in [1.29, 1.82) is 0 Å². The summed E-state index contributed by atoms with van der Waals surface area (Å²) in [5.41, 5.74) is 5.99. The number of aromatic hydroxyl groups is 1. The van der Waals surface area contributed by atoms with Crippen LogP contribution in [0.15, 0.2) is 60.0 Å². The zero-order valence-electron chi connectivity index (χ0n) is 60.4. The molecule has 2 heterocycles. The summed E-state index contributed by atoms with van der Waals surface area (Å²) in [7, 11) is 4.58. The molecule has 1 aromatic heterocycles. The number of esters is 2. The van der Waals surface area contributed by atoms with Gasteiger partial charge in [0.05, 0.1) is 12.5 Å². The highest BCUT2D eigenvalue weighted by Crippen LogP contribution is 2.32. The smallest absolute Gasteiger partial charge is 0.426 e. The maximum absolute atomic E-state index is 15.0. The summed E-state index contributed by atoms with van der Waals surface area (Å²) in [6, 6.07) is 8.33. The maximum Gasteiger partial charge on any atom is 0.426 e. The SMILES string of the molecule is CCCC(=O)OCN(C(=O)[C@@H](NC(=O)[C@H]1CCCCN1C)C(C)CC)[C@H](C[C@@H](OC(C)=O)c1nc(C(=O)N[C@@H](Cc2ccc(O)cc2)C[C@H](C)C(=O)NNC(=O)OCCSSC[C@@H](C)NC(=O)[C@H](Cc2ccccc2)NC(=O)[C@H](CC(=O)O)NC(=O)NCCCC[C@@H](C)NC(C)=O)cs1)C(C)C. The fourth-order valence-electron chi connectivity index (χ4n) is 11.2. The van der Waals surface area contributed by atoms with Crippen molar-refractivity contribution in [3.05, 3.63) is 81.8 Å². The molecule has 102 heavy (non-hydrogen) atoms. The second kappa shape index (κ2) is 45.7. The number of carbonyl (C=O) groups is 12. The Kier molecular flexibility index (Phi) is 38.6. The van der Waals surface area contributed by atoms with Crippen LogP contribution < -0.4 is 48.1 Å². The standard InChI is InChI=1S/C70H106N12O17S3/c1-12-21-60(88)98-41-82(68(94)61(43(5)13-2)78-66(93)56-25-18-20-31-81(56)11)57(42(3)4)38-58(99-48(10)84)67-76-55(40-100-67)65(92)74-51(35-50-26-28-52(85)29-27-50)34-44(6)62(89)79-80-70(96)97-32-33-101-102-39-46(8)73-63(90)53(36-49-23-15-14-16-24-49)75-64(91)54(37-59(86)87)77-69(95)71-30-19-17-22-45(7)72-47(9)83/h14-16,23-24,26-29,40,42-46,51,53-54,56-58,61,85H,12-13,17-22,25,30-39,41H2,1-11H3,(H,72,83)(H,73,90)(H,74,92)(H,75,91)(H,78,93)(H,79,89)(H,80,96)(H,86,87)(H2,71,77,95)/t43?,44-,45+,46+,51+,53-,54-,56+,57+,58+,61-/m0/s1. The molecule has 0 bridgehead atoms. The van der Waals surface area contributed by atoms with Gasteiger partial charge < -0.3 is 66.5 Å².